The molecule has 1 aliphatic rings. The lowest BCUT2D eigenvalue weighted by molar-refractivity contribution is -0.237. The summed E-state index contributed by atoms with van der Waals surface area (Å²) in [5.41, 5.74) is -1.19. The van der Waals surface area contributed by atoms with E-state index in [0.717, 1.165) is 39.5 Å². The molecular formula is C21H29NO12S. The fourth-order valence-corrected chi connectivity index (χ4v) is 4.21. The molecule has 0 bridgehead atoms. The maximum atomic E-state index is 11.9. The number of rotatable bonds is 10. The lowest BCUT2D eigenvalue weighted by Gasteiger charge is -2.44. The number of carbonyl (C=O) groups excluding carboxylic acids is 5. The van der Waals surface area contributed by atoms with Gasteiger partial charge in [-0.1, -0.05) is 29.6 Å². The Morgan fingerprint density at radius 2 is 1.46 bits per heavy atom. The van der Waals surface area contributed by atoms with E-state index >= 15 is 0 Å². The second kappa shape index (κ2) is 14.3. The van der Waals surface area contributed by atoms with Crippen molar-refractivity contribution in [2.24, 2.45) is 5.16 Å². The van der Waals surface area contributed by atoms with Crippen LogP contribution in [0.3, 0.4) is 0 Å². The second-order valence-corrected chi connectivity index (χ2v) is 8.44. The van der Waals surface area contributed by atoms with Crippen LogP contribution in [-0.2, 0) is 52.4 Å². The van der Waals surface area contributed by atoms with Crippen molar-refractivity contribution in [3.8, 4) is 0 Å². The van der Waals surface area contributed by atoms with Crippen LogP contribution in [-0.4, -0.2) is 82.7 Å². The van der Waals surface area contributed by atoms with Gasteiger partial charge in [-0.25, -0.2) is 0 Å². The van der Waals surface area contributed by atoms with Gasteiger partial charge in [0.25, 0.3) is 0 Å². The Hall–Kier alpha value is -3.13. The average Bonchev–Trinajstić information content (AvgIpc) is 2.73. The van der Waals surface area contributed by atoms with Crippen LogP contribution in [0, 0.1) is 0 Å². The van der Waals surface area contributed by atoms with Gasteiger partial charge in [-0.05, 0) is 0 Å². The minimum atomic E-state index is -1.37. The minimum Gasteiger partial charge on any atom is -0.463 e. The molecule has 0 aromatic carbocycles. The van der Waals surface area contributed by atoms with E-state index in [1.165, 1.54) is 13.0 Å². The van der Waals surface area contributed by atoms with Crippen LogP contribution in [0.25, 0.3) is 0 Å². The molecule has 1 saturated heterocycles. The minimum absolute atomic E-state index is 0.0166. The van der Waals surface area contributed by atoms with Crippen LogP contribution in [0.1, 0.15) is 41.0 Å². The van der Waals surface area contributed by atoms with Crippen molar-refractivity contribution in [3.63, 3.8) is 0 Å². The van der Waals surface area contributed by atoms with Crippen molar-refractivity contribution < 1.29 is 57.6 Å². The average molecular weight is 520 g/mol. The Balaban J connectivity index is 3.37. The summed E-state index contributed by atoms with van der Waals surface area (Å²) >= 11 is 0.766. The number of hydrogen-bond acceptors (Lipinski definition) is 14. The van der Waals surface area contributed by atoms with Gasteiger partial charge in [0, 0.05) is 41.0 Å². The van der Waals surface area contributed by atoms with Gasteiger partial charge in [0.15, 0.2) is 18.3 Å². The van der Waals surface area contributed by atoms with Crippen LogP contribution in [0.5, 0.6) is 0 Å². The molecule has 196 valence electrons. The van der Waals surface area contributed by atoms with Gasteiger partial charge in [0.05, 0.1) is 0 Å². The molecule has 0 spiro atoms. The Morgan fingerprint density at radius 1 is 0.914 bits per heavy atom. The number of esters is 5. The normalized spacial score (nSPS) is 24.9. The predicted octanol–water partition coefficient (Wildman–Crippen LogP) is 1.10. The standard InChI is InChI=1S/C21H29NO12S/c1-7-15(30-11(3)24)8-17(22-28)35-21-20(33-14(6)27)19(32-13(5)26)18(31-12(4)25)16(34-21)9-29-10(2)23/h7,15-16,18-21,28H,1,8-9H2,2-6H3/b22-17-. The zero-order valence-corrected chi connectivity index (χ0v) is 20.8. The highest BCUT2D eigenvalue weighted by Crippen LogP contribution is 2.35. The van der Waals surface area contributed by atoms with E-state index in [2.05, 4.69) is 11.7 Å². The first kappa shape index (κ1) is 29.9. The van der Waals surface area contributed by atoms with Crippen LogP contribution in [0.15, 0.2) is 17.8 Å². The largest absolute Gasteiger partial charge is 0.463 e. The predicted molar refractivity (Wildman–Crippen MR) is 119 cm³/mol. The van der Waals surface area contributed by atoms with Crippen molar-refractivity contribution in [1.29, 1.82) is 0 Å². The molecule has 0 aromatic rings. The van der Waals surface area contributed by atoms with Crippen LogP contribution < -0.4 is 0 Å². The number of thioether (sulfide) groups is 1. The lowest BCUT2D eigenvalue weighted by atomic mass is 9.99. The fourth-order valence-electron chi connectivity index (χ4n) is 3.09. The summed E-state index contributed by atoms with van der Waals surface area (Å²) in [6, 6.07) is 0. The molecule has 0 radical (unpaired) electrons. The van der Waals surface area contributed by atoms with Gasteiger partial charge < -0.3 is 33.6 Å². The molecule has 1 N–H and O–H groups in total. The van der Waals surface area contributed by atoms with Gasteiger partial charge in [0.2, 0.25) is 0 Å². The zero-order valence-electron chi connectivity index (χ0n) is 20.0. The third-order valence-corrected chi connectivity index (χ3v) is 5.40. The molecule has 1 fully saturated rings. The molecule has 6 atom stereocenters. The Kier molecular flexibility index (Phi) is 12.2. The molecule has 0 saturated carbocycles. The molecular weight excluding hydrogens is 490 g/mol. The quantitative estimate of drug-likeness (QED) is 0.0827. The van der Waals surface area contributed by atoms with E-state index in [4.69, 9.17) is 28.4 Å². The van der Waals surface area contributed by atoms with Gasteiger partial charge in [0.1, 0.15) is 29.3 Å². The Morgan fingerprint density at radius 3 is 1.91 bits per heavy atom. The molecule has 1 aliphatic heterocycles. The summed E-state index contributed by atoms with van der Waals surface area (Å²) in [4.78, 5) is 58.2. The first-order valence-corrected chi connectivity index (χ1v) is 11.2. The van der Waals surface area contributed by atoms with E-state index in [1.807, 2.05) is 0 Å². The number of hydrogen-bond donors (Lipinski definition) is 1. The summed E-state index contributed by atoms with van der Waals surface area (Å²) in [5.74, 6) is -3.56. The summed E-state index contributed by atoms with van der Waals surface area (Å²) in [5, 5.41) is 12.7. The van der Waals surface area contributed by atoms with Crippen LogP contribution in [0.4, 0.5) is 0 Å². The lowest BCUT2D eigenvalue weighted by Crippen LogP contribution is -2.61. The number of carbonyl (C=O) groups is 5. The van der Waals surface area contributed by atoms with Crippen molar-refractivity contribution >= 4 is 46.7 Å². The highest BCUT2D eigenvalue weighted by atomic mass is 32.2. The first-order valence-electron chi connectivity index (χ1n) is 10.4. The topological polar surface area (TPSA) is 173 Å². The summed E-state index contributed by atoms with van der Waals surface area (Å²) in [6.07, 6.45) is -4.81. The fraction of sp³-hybridized carbons (Fsp3) is 0.619. The van der Waals surface area contributed by atoms with E-state index in [-0.39, 0.29) is 11.5 Å². The second-order valence-electron chi connectivity index (χ2n) is 7.27. The van der Waals surface area contributed by atoms with Crippen molar-refractivity contribution in [1.82, 2.24) is 0 Å². The molecule has 6 unspecified atom stereocenters. The molecule has 0 amide bonds. The third-order valence-electron chi connectivity index (χ3n) is 4.27. The third kappa shape index (κ3) is 10.3. The highest BCUT2D eigenvalue weighted by Gasteiger charge is 2.52. The van der Waals surface area contributed by atoms with Crippen LogP contribution >= 0.6 is 11.8 Å². The number of nitrogens with zero attached hydrogens (tertiary/aromatic N) is 1. The molecule has 0 aromatic heterocycles. The highest BCUT2D eigenvalue weighted by molar-refractivity contribution is 8.14. The van der Waals surface area contributed by atoms with Crippen molar-refractivity contribution in [2.75, 3.05) is 6.61 Å². The maximum absolute atomic E-state index is 11.9. The summed E-state index contributed by atoms with van der Waals surface area (Å²) in [7, 11) is 0. The van der Waals surface area contributed by atoms with Gasteiger partial charge >= 0.3 is 29.8 Å². The van der Waals surface area contributed by atoms with Gasteiger partial charge in [-0.15, -0.1) is 0 Å². The monoisotopic (exact) mass is 519 g/mol. The van der Waals surface area contributed by atoms with E-state index in [0.29, 0.717) is 0 Å². The Bertz CT molecular complexity index is 844. The molecule has 1 heterocycles. The smallest absolute Gasteiger partial charge is 0.303 e. The Labute approximate surface area is 206 Å². The van der Waals surface area contributed by atoms with E-state index in [9.17, 15) is 29.2 Å². The number of oxime groups is 1. The maximum Gasteiger partial charge on any atom is 0.303 e. The summed E-state index contributed by atoms with van der Waals surface area (Å²) < 4.78 is 31.9. The summed E-state index contributed by atoms with van der Waals surface area (Å²) in [6.45, 7) is 8.82. The van der Waals surface area contributed by atoms with E-state index in [1.54, 1.807) is 0 Å². The number of ether oxygens (including phenoxy) is 6. The van der Waals surface area contributed by atoms with E-state index < -0.39 is 72.4 Å². The van der Waals surface area contributed by atoms with Crippen LogP contribution in [0.2, 0.25) is 0 Å². The SMILES string of the molecule is C=CC(C/C(=N/O)SC1OC(COC(C)=O)C(OC(C)=O)C(OC(C)=O)C1OC(C)=O)OC(C)=O. The van der Waals surface area contributed by atoms with Gasteiger partial charge in [-0.3, -0.25) is 24.0 Å². The molecule has 0 aliphatic carbocycles. The molecule has 35 heavy (non-hydrogen) atoms. The first-order chi connectivity index (χ1) is 16.4. The zero-order chi connectivity index (χ0) is 26.7. The van der Waals surface area contributed by atoms with Crippen molar-refractivity contribution in [3.05, 3.63) is 12.7 Å². The van der Waals surface area contributed by atoms with Crippen molar-refractivity contribution in [2.45, 2.75) is 77.0 Å². The molecule has 1 rings (SSSR count). The van der Waals surface area contributed by atoms with Gasteiger partial charge in [-0.2, -0.15) is 0 Å². The molecule has 13 nitrogen and oxygen atoms in total. The molecule has 14 heteroatoms.